The molecule has 1 aromatic carbocycles. The van der Waals surface area contributed by atoms with E-state index in [1.54, 1.807) is 4.90 Å². The number of amides is 2. The first kappa shape index (κ1) is 18.3. The Morgan fingerprint density at radius 1 is 1.22 bits per heavy atom. The summed E-state index contributed by atoms with van der Waals surface area (Å²) < 4.78 is 32.0. The van der Waals surface area contributed by atoms with Crippen molar-refractivity contribution >= 4 is 11.8 Å². The first-order valence-electron chi connectivity index (χ1n) is 9.58. The Labute approximate surface area is 157 Å². The van der Waals surface area contributed by atoms with Gasteiger partial charge in [0.1, 0.15) is 6.10 Å². The van der Waals surface area contributed by atoms with Gasteiger partial charge in [-0.25, -0.2) is 8.78 Å². The van der Waals surface area contributed by atoms with Crippen LogP contribution in [0.3, 0.4) is 0 Å². The molecular formula is C20H24F2N2O3. The highest BCUT2D eigenvalue weighted by atomic mass is 19.2. The van der Waals surface area contributed by atoms with Crippen LogP contribution in [-0.2, 0) is 20.9 Å². The third-order valence-corrected chi connectivity index (χ3v) is 6.10. The Morgan fingerprint density at radius 3 is 2.67 bits per heavy atom. The number of rotatable bonds is 3. The number of likely N-dealkylation sites (tertiary alicyclic amines) is 2. The van der Waals surface area contributed by atoms with E-state index in [-0.39, 0.29) is 29.9 Å². The number of carbonyl (C=O) groups is 2. The summed E-state index contributed by atoms with van der Waals surface area (Å²) >= 11 is 0. The molecule has 0 unspecified atom stereocenters. The number of hydrogen-bond acceptors (Lipinski definition) is 3. The molecule has 3 heterocycles. The van der Waals surface area contributed by atoms with Gasteiger partial charge in [0.15, 0.2) is 11.6 Å². The topological polar surface area (TPSA) is 49.9 Å². The predicted octanol–water partition coefficient (Wildman–Crippen LogP) is 2.48. The van der Waals surface area contributed by atoms with E-state index in [2.05, 4.69) is 0 Å². The minimum Gasteiger partial charge on any atom is -0.368 e. The number of halogens is 2. The summed E-state index contributed by atoms with van der Waals surface area (Å²) in [5.41, 5.74) is 0.466. The van der Waals surface area contributed by atoms with Crippen LogP contribution in [0.25, 0.3) is 0 Å². The van der Waals surface area contributed by atoms with Gasteiger partial charge in [-0.3, -0.25) is 9.59 Å². The molecule has 2 amide bonds. The predicted molar refractivity (Wildman–Crippen MR) is 93.6 cm³/mol. The molecule has 146 valence electrons. The van der Waals surface area contributed by atoms with Crippen molar-refractivity contribution in [2.24, 2.45) is 5.41 Å². The van der Waals surface area contributed by atoms with Crippen LogP contribution in [0.2, 0.25) is 0 Å². The Kier molecular flexibility index (Phi) is 4.88. The molecule has 4 rings (SSSR count). The van der Waals surface area contributed by atoms with E-state index >= 15 is 0 Å². The van der Waals surface area contributed by atoms with Crippen LogP contribution in [-0.4, -0.2) is 54.0 Å². The first-order chi connectivity index (χ1) is 13.0. The van der Waals surface area contributed by atoms with Crippen LogP contribution in [0.5, 0.6) is 0 Å². The normalized spacial score (nSPS) is 24.8. The number of piperidine rings is 1. The third-order valence-electron chi connectivity index (χ3n) is 6.10. The van der Waals surface area contributed by atoms with Gasteiger partial charge < -0.3 is 14.5 Å². The molecule has 0 radical (unpaired) electrons. The zero-order valence-electron chi connectivity index (χ0n) is 15.3. The van der Waals surface area contributed by atoms with Gasteiger partial charge in [-0.15, -0.1) is 0 Å². The monoisotopic (exact) mass is 378 g/mol. The highest BCUT2D eigenvalue weighted by molar-refractivity contribution is 5.82. The van der Waals surface area contributed by atoms with Crippen molar-refractivity contribution in [3.63, 3.8) is 0 Å². The van der Waals surface area contributed by atoms with E-state index in [0.29, 0.717) is 38.2 Å². The van der Waals surface area contributed by atoms with E-state index < -0.39 is 11.6 Å². The third kappa shape index (κ3) is 3.70. The van der Waals surface area contributed by atoms with E-state index in [1.165, 1.54) is 6.07 Å². The molecule has 1 atom stereocenters. The SMILES string of the molecule is O=C1CC2(CCN(C(=O)[C@H]3CCCO3)CC2)CN1Cc1ccc(F)c(F)c1. The highest BCUT2D eigenvalue weighted by Gasteiger charge is 2.46. The molecule has 27 heavy (non-hydrogen) atoms. The molecule has 3 saturated heterocycles. The summed E-state index contributed by atoms with van der Waals surface area (Å²) in [7, 11) is 0. The van der Waals surface area contributed by atoms with Crippen LogP contribution in [0.1, 0.15) is 37.7 Å². The lowest BCUT2D eigenvalue weighted by atomic mass is 9.77. The minimum atomic E-state index is -0.894. The minimum absolute atomic E-state index is 0.0404. The summed E-state index contributed by atoms with van der Waals surface area (Å²) in [6.07, 6.45) is 3.45. The molecule has 1 aromatic rings. The van der Waals surface area contributed by atoms with Gasteiger partial charge in [0.05, 0.1) is 0 Å². The maximum atomic E-state index is 13.4. The molecule has 1 spiro atoms. The van der Waals surface area contributed by atoms with Gasteiger partial charge in [0.2, 0.25) is 5.91 Å². The lowest BCUT2D eigenvalue weighted by Crippen LogP contribution is -2.47. The molecule has 3 fully saturated rings. The van der Waals surface area contributed by atoms with Crippen LogP contribution in [0.15, 0.2) is 18.2 Å². The van der Waals surface area contributed by atoms with E-state index in [4.69, 9.17) is 4.74 Å². The second kappa shape index (κ2) is 7.19. The van der Waals surface area contributed by atoms with Crippen LogP contribution < -0.4 is 0 Å². The average Bonchev–Trinajstić information content (AvgIpc) is 3.28. The Morgan fingerprint density at radius 2 is 2.00 bits per heavy atom. The Bertz CT molecular complexity index is 741. The molecular weight excluding hydrogens is 354 g/mol. The van der Waals surface area contributed by atoms with Gasteiger partial charge in [-0.2, -0.15) is 0 Å². The largest absolute Gasteiger partial charge is 0.368 e. The van der Waals surface area contributed by atoms with E-state index in [9.17, 15) is 18.4 Å². The lowest BCUT2D eigenvalue weighted by molar-refractivity contribution is -0.143. The standard InChI is InChI=1S/C20H24F2N2O3/c21-15-4-3-14(10-16(15)22)12-24-13-20(11-18(24)25)5-7-23(8-6-20)19(26)17-2-1-9-27-17/h3-4,10,17H,1-2,5-9,11-13H2/t17-/m1/s1. The zero-order valence-corrected chi connectivity index (χ0v) is 15.3. The molecule has 3 aliphatic rings. The summed E-state index contributed by atoms with van der Waals surface area (Å²) in [4.78, 5) is 28.6. The maximum Gasteiger partial charge on any atom is 0.251 e. The fourth-order valence-electron chi connectivity index (χ4n) is 4.50. The number of nitrogens with zero attached hydrogens (tertiary/aromatic N) is 2. The summed E-state index contributed by atoms with van der Waals surface area (Å²) in [6.45, 7) is 2.83. The molecule has 0 aromatic heterocycles. The first-order valence-corrected chi connectivity index (χ1v) is 9.58. The highest BCUT2D eigenvalue weighted by Crippen LogP contribution is 2.41. The summed E-state index contributed by atoms with van der Waals surface area (Å²) in [5.74, 6) is -1.66. The van der Waals surface area contributed by atoms with Crippen molar-refractivity contribution in [2.75, 3.05) is 26.2 Å². The summed E-state index contributed by atoms with van der Waals surface area (Å²) in [5, 5.41) is 0. The Hall–Kier alpha value is -2.02. The number of ether oxygens (including phenoxy) is 1. The van der Waals surface area contributed by atoms with Crippen molar-refractivity contribution in [2.45, 2.75) is 44.8 Å². The van der Waals surface area contributed by atoms with Crippen LogP contribution in [0.4, 0.5) is 8.78 Å². The summed E-state index contributed by atoms with van der Waals surface area (Å²) in [6, 6.07) is 3.76. The fraction of sp³-hybridized carbons (Fsp3) is 0.600. The maximum absolute atomic E-state index is 13.4. The van der Waals surface area contributed by atoms with Crippen molar-refractivity contribution in [3.8, 4) is 0 Å². The van der Waals surface area contributed by atoms with Gasteiger partial charge in [-0.1, -0.05) is 6.07 Å². The smallest absolute Gasteiger partial charge is 0.251 e. The number of carbonyl (C=O) groups excluding carboxylic acids is 2. The van der Waals surface area contributed by atoms with E-state index in [1.807, 2.05) is 4.90 Å². The van der Waals surface area contributed by atoms with Gasteiger partial charge >= 0.3 is 0 Å². The quantitative estimate of drug-likeness (QED) is 0.812. The number of benzene rings is 1. The molecule has 7 heteroatoms. The van der Waals surface area contributed by atoms with Gasteiger partial charge in [0, 0.05) is 44.6 Å². The molecule has 0 aliphatic carbocycles. The van der Waals surface area contributed by atoms with Crippen molar-refractivity contribution in [1.29, 1.82) is 0 Å². The Balaban J connectivity index is 1.36. The molecule has 3 aliphatic heterocycles. The van der Waals surface area contributed by atoms with Crippen molar-refractivity contribution in [1.82, 2.24) is 9.80 Å². The lowest BCUT2D eigenvalue weighted by Gasteiger charge is -2.39. The number of hydrogen-bond donors (Lipinski definition) is 0. The van der Waals surface area contributed by atoms with E-state index in [0.717, 1.165) is 37.8 Å². The van der Waals surface area contributed by atoms with Gasteiger partial charge in [0.25, 0.3) is 5.91 Å². The van der Waals surface area contributed by atoms with Crippen LogP contribution >= 0.6 is 0 Å². The van der Waals surface area contributed by atoms with Crippen molar-refractivity contribution < 1.29 is 23.1 Å². The fourth-order valence-corrected chi connectivity index (χ4v) is 4.50. The average molecular weight is 378 g/mol. The second-order valence-electron chi connectivity index (χ2n) is 8.00. The van der Waals surface area contributed by atoms with Crippen LogP contribution in [0, 0.1) is 17.0 Å². The molecule has 0 bridgehead atoms. The second-order valence-corrected chi connectivity index (χ2v) is 8.00. The molecule has 0 N–H and O–H groups in total. The zero-order chi connectivity index (χ0) is 19.0. The molecule has 0 saturated carbocycles. The van der Waals surface area contributed by atoms with Crippen molar-refractivity contribution in [3.05, 3.63) is 35.4 Å². The van der Waals surface area contributed by atoms with Gasteiger partial charge in [-0.05, 0) is 43.4 Å². The molecule has 5 nitrogen and oxygen atoms in total.